The fraction of sp³-hybridized carbons (Fsp3) is 0.414. The number of carbonyl (C=O) groups excluding carboxylic acids is 2. The molecule has 1 atom stereocenters. The van der Waals surface area contributed by atoms with Gasteiger partial charge in [-0.05, 0) is 226 Å². The van der Waals surface area contributed by atoms with Crippen molar-refractivity contribution in [3.05, 3.63) is 245 Å². The molecule has 698 valence electrons. The van der Waals surface area contributed by atoms with Gasteiger partial charge in [0.1, 0.15) is 34.3 Å². The number of sulfonamides is 2. The largest absolute Gasteiger partial charge is 0.455 e. The molecule has 33 heteroatoms. The van der Waals surface area contributed by atoms with E-state index in [0.29, 0.717) is 54.4 Å². The lowest BCUT2D eigenvalue weighted by molar-refractivity contribution is -0.386. The molecule has 3 aliphatic carbocycles. The Bertz CT molecular complexity index is 6420. The van der Waals surface area contributed by atoms with Crippen LogP contribution in [0.3, 0.4) is 0 Å². The topological polar surface area (TPSA) is 308 Å². The number of H-pyrrole nitrogens is 2. The van der Waals surface area contributed by atoms with Crippen molar-refractivity contribution in [3.63, 3.8) is 0 Å². The van der Waals surface area contributed by atoms with Crippen molar-refractivity contribution >= 4 is 137 Å². The molecule has 4 aromatic heterocycles. The molecule has 8 heterocycles. The number of aromatic amines is 2. The zero-order valence-electron chi connectivity index (χ0n) is 75.8. The molecular weight excluding hydrogens is 1790 g/mol. The molecule has 0 radical (unpaired) electrons. The summed E-state index contributed by atoms with van der Waals surface area (Å²) in [5, 5.41) is 27.8. The highest BCUT2D eigenvalue weighted by Gasteiger charge is 2.46. The smallest absolute Gasteiger partial charge is 0.273 e. The number of pyridine rings is 2. The third-order valence-electron chi connectivity index (χ3n) is 27.4. The van der Waals surface area contributed by atoms with Crippen molar-refractivity contribution in [1.82, 2.24) is 49.0 Å². The number of hydrogen-bond acceptors (Lipinski definition) is 20. The molecule has 5 fully saturated rings. The number of nitrogens with one attached hydrogen (secondary N) is 4. The average Bonchev–Trinajstić information content (AvgIpc) is 1.61. The molecule has 26 nitrogen and oxygen atoms in total. The predicted molar refractivity (Wildman–Crippen MR) is 531 cm³/mol. The van der Waals surface area contributed by atoms with Crippen LogP contribution in [0.2, 0.25) is 10.0 Å². The van der Waals surface area contributed by atoms with Crippen LogP contribution in [-0.4, -0.2) is 240 Å². The molecule has 2 amide bonds. The van der Waals surface area contributed by atoms with Crippen molar-refractivity contribution in [1.29, 1.82) is 0 Å². The maximum absolute atomic E-state index is 14.3. The van der Waals surface area contributed by atoms with Gasteiger partial charge in [0.15, 0.2) is 0 Å². The number of anilines is 2. The van der Waals surface area contributed by atoms with Crippen LogP contribution in [-0.2, 0) is 32.9 Å². The lowest BCUT2D eigenvalue weighted by Crippen LogP contribution is -2.47. The van der Waals surface area contributed by atoms with Gasteiger partial charge >= 0.3 is 0 Å². The van der Waals surface area contributed by atoms with Crippen LogP contribution in [0, 0.1) is 42.4 Å². The molecule has 1 saturated carbocycles. The van der Waals surface area contributed by atoms with E-state index in [9.17, 15) is 51.0 Å². The Morgan fingerprint density at radius 1 is 0.538 bits per heavy atom. The molecule has 0 bridgehead atoms. The number of rotatable bonds is 29. The second kappa shape index (κ2) is 39.5. The van der Waals surface area contributed by atoms with Gasteiger partial charge in [-0.15, -0.1) is 26.4 Å². The number of nitro groups is 2. The summed E-state index contributed by atoms with van der Waals surface area (Å²) < 4.78 is 86.7. The van der Waals surface area contributed by atoms with Crippen molar-refractivity contribution in [2.45, 2.75) is 102 Å². The lowest BCUT2D eigenvalue weighted by atomic mass is 9.72. The summed E-state index contributed by atoms with van der Waals surface area (Å²) >= 11 is 12.5. The van der Waals surface area contributed by atoms with Crippen LogP contribution in [0.4, 0.5) is 27.1 Å². The average molecular weight is 1910 g/mol. The number of piperazine rings is 2. The third-order valence-corrected chi connectivity index (χ3v) is 35.7. The van der Waals surface area contributed by atoms with E-state index in [2.05, 4.69) is 137 Å². The summed E-state index contributed by atoms with van der Waals surface area (Å²) in [5.41, 5.74) is 11.4. The zero-order chi connectivity index (χ0) is 93.2. The van der Waals surface area contributed by atoms with Crippen LogP contribution in [0.5, 0.6) is 23.0 Å². The van der Waals surface area contributed by atoms with Gasteiger partial charge in [-0.2, -0.15) is 0 Å². The van der Waals surface area contributed by atoms with Gasteiger partial charge in [-0.3, -0.25) is 44.0 Å². The highest BCUT2D eigenvalue weighted by atomic mass is 35.5. The standard InChI is InChI=1S/C50H59ClN7O6PS.C49H58ClFN7O6PS/c1-49(2)15-13-38(44(31-49)35-5-8-39(51)9-6-35)33-55-19-21-57(22-20-55)40-10-12-43(46(28-40)64-41-27-36-14-18-52-47(36)53-32-41)48(59)54-66(62,63)42-11-7-37(45(29-42)58(60)61)30-50(16-17-50)34-56-23-25-65(3,4)26-24-56;1-49(2)15-13-38(44(29-49)35-5-8-39(50)9-6-35)33-55-17-19-57(20-18-55)40-10-12-43(46(27-40)64-41-26-37-14-16-52-47(37)53-31-41)48(59)54-66(62,63)42-11-7-36(45(28-42)58(60)61)25-34(30-51)32-56-21-23-65(3,4)24-22-56/h5-12,14,18,27-29,32H,3,13,15-17,19-26,30-31,33-34H2,1-2,4H3,(H,52,53)(H,54,59);5-12,14,16,26-28,31,34H,3,13,15,17-25,29-30,32-33H2,1-2,4H3,(H,52,53)(H,54,59). The number of ether oxygens (including phenoxy) is 2. The number of benzene rings is 6. The van der Waals surface area contributed by atoms with Crippen molar-refractivity contribution in [3.8, 4) is 23.0 Å². The number of hydrogen-bond donors (Lipinski definition) is 4. The van der Waals surface area contributed by atoms with E-state index < -0.39 is 78.7 Å². The molecule has 0 spiro atoms. The Morgan fingerprint density at radius 3 is 1.37 bits per heavy atom. The molecular formula is C99H117Cl2FN14O12P2S2. The molecule has 6 aromatic carbocycles. The number of fused-ring (bicyclic) bond motifs is 2. The minimum absolute atomic E-state index is 0.0159. The number of carbonyl (C=O) groups is 2. The highest BCUT2D eigenvalue weighted by molar-refractivity contribution is 7.90. The Balaban J connectivity index is 0.000000193. The number of nitro benzene ring substituents is 2. The molecule has 10 aromatic rings. The fourth-order valence-electron chi connectivity index (χ4n) is 19.1. The van der Waals surface area contributed by atoms with Gasteiger partial charge in [0.05, 0.1) is 49.8 Å². The van der Waals surface area contributed by atoms with E-state index in [1.54, 1.807) is 61.1 Å². The van der Waals surface area contributed by atoms with E-state index in [1.807, 2.05) is 36.4 Å². The quantitative estimate of drug-likeness (QED) is 0.0192. The Kier molecular flexibility index (Phi) is 28.5. The van der Waals surface area contributed by atoms with E-state index in [4.69, 9.17) is 32.7 Å². The second-order valence-corrected chi connectivity index (χ2v) is 51.7. The molecule has 17 rings (SSSR count). The maximum Gasteiger partial charge on any atom is 0.273 e. The van der Waals surface area contributed by atoms with Crippen molar-refractivity contribution in [2.24, 2.45) is 22.2 Å². The maximum atomic E-state index is 14.3. The van der Waals surface area contributed by atoms with Crippen molar-refractivity contribution < 1.29 is 50.1 Å². The zero-order valence-corrected chi connectivity index (χ0v) is 80.7. The first kappa shape index (κ1) is 95.1. The van der Waals surface area contributed by atoms with Gasteiger partial charge in [-0.1, -0.05) is 98.4 Å². The van der Waals surface area contributed by atoms with E-state index in [0.717, 1.165) is 205 Å². The van der Waals surface area contributed by atoms with Gasteiger partial charge in [0.2, 0.25) is 0 Å². The summed E-state index contributed by atoms with van der Waals surface area (Å²) in [5.74, 6) is -1.47. The van der Waals surface area contributed by atoms with Crippen LogP contribution >= 0.6 is 37.0 Å². The van der Waals surface area contributed by atoms with E-state index in [1.165, 1.54) is 69.9 Å². The number of nitrogens with zero attached hydrogens (tertiary/aromatic N) is 10. The number of alkyl halides is 1. The normalized spacial score (nSPS) is 19.2. The van der Waals surface area contributed by atoms with Crippen LogP contribution in [0.1, 0.15) is 122 Å². The first-order valence-corrected chi connectivity index (χ1v) is 54.6. The van der Waals surface area contributed by atoms with Gasteiger partial charge in [-0.25, -0.2) is 36.2 Å². The predicted octanol–water partition coefficient (Wildman–Crippen LogP) is 18.9. The first-order valence-electron chi connectivity index (χ1n) is 45.3. The molecule has 4 saturated heterocycles. The Hall–Kier alpha value is -10.0. The summed E-state index contributed by atoms with van der Waals surface area (Å²) in [6.07, 6.45) is 28.4. The van der Waals surface area contributed by atoms with Crippen molar-refractivity contribution in [2.75, 3.05) is 159 Å². The molecule has 7 aliphatic rings. The molecule has 4 aliphatic heterocycles. The van der Waals surface area contributed by atoms with Gasteiger partial charge in [0, 0.05) is 191 Å². The molecule has 1 unspecified atom stereocenters. The summed E-state index contributed by atoms with van der Waals surface area (Å²) in [6, 6.07) is 41.2. The number of allylic oxidation sites excluding steroid dienone is 2. The number of aromatic nitrogens is 4. The highest BCUT2D eigenvalue weighted by Crippen LogP contribution is 2.53. The summed E-state index contributed by atoms with van der Waals surface area (Å²) in [4.78, 5) is 79.8. The van der Waals surface area contributed by atoms with Crippen LogP contribution in [0.25, 0.3) is 33.2 Å². The first-order chi connectivity index (χ1) is 62.9. The number of halogens is 3. The minimum atomic E-state index is -4.63. The summed E-state index contributed by atoms with van der Waals surface area (Å²) in [7, 11) is -9.17. The fourth-order valence-corrected chi connectivity index (χ4v) is 24.9. The van der Waals surface area contributed by atoms with Crippen LogP contribution in [0.15, 0.2) is 191 Å². The Labute approximate surface area is 782 Å². The molecule has 132 heavy (non-hydrogen) atoms. The monoisotopic (exact) mass is 1910 g/mol. The Morgan fingerprint density at radius 2 is 0.955 bits per heavy atom. The van der Waals surface area contributed by atoms with E-state index in [-0.39, 0.29) is 61.4 Å². The van der Waals surface area contributed by atoms with E-state index >= 15 is 0 Å². The van der Waals surface area contributed by atoms with Gasteiger partial charge < -0.3 is 39.0 Å². The second-order valence-electron chi connectivity index (χ2n) is 39.2. The SMILES string of the molecule is C=P1(C)CCN(CC(CF)Cc2ccc(S(=O)(=O)NC(=O)c3ccc(N4CCN(CC5=C(c6ccc(Cl)cc6)CC(C)(C)CC5)CC4)cc3Oc3cnc4[nH]ccc4c3)cc2[N+](=O)[O-])CC1.C=P1(C)CCN(CC2(Cc3ccc(S(=O)(=O)NC(=O)c4ccc(N5CCN(CC6=C(c7ccc(Cl)cc7)CC(C)(C)CC6)CC5)cc4Oc4cnc5[nH]ccc5c4)cc3[N+](=O)[O-])CC2)CC1. The minimum Gasteiger partial charge on any atom is -0.455 e. The lowest BCUT2D eigenvalue weighted by Gasteiger charge is -2.39. The third kappa shape index (κ3) is 23.5. The number of amides is 2. The summed E-state index contributed by atoms with van der Waals surface area (Å²) in [6.45, 7) is 23.7. The van der Waals surface area contributed by atoms with Gasteiger partial charge in [0.25, 0.3) is 43.2 Å². The van der Waals surface area contributed by atoms with Crippen LogP contribution < -0.4 is 28.7 Å². The molecule has 4 N–H and O–H groups in total.